The summed E-state index contributed by atoms with van der Waals surface area (Å²) in [4.78, 5) is 8.86. The molecule has 0 rings (SSSR count). The molecule has 6 heteroatoms. The Hall–Kier alpha value is 0.0700. The quantitative estimate of drug-likeness (QED) is 0.677. The molecule has 13 heavy (non-hydrogen) atoms. The number of hydrogen-bond donors (Lipinski definition) is 1. The van der Waals surface area contributed by atoms with Gasteiger partial charge in [-0.2, -0.15) is 0 Å². The third kappa shape index (κ3) is 7.16. The second-order valence-electron chi connectivity index (χ2n) is 2.94. The molecular formula is C7H17O5P. The van der Waals surface area contributed by atoms with Gasteiger partial charge in [0.2, 0.25) is 0 Å². The van der Waals surface area contributed by atoms with Crippen LogP contribution in [0.15, 0.2) is 0 Å². The van der Waals surface area contributed by atoms with E-state index >= 15 is 0 Å². The van der Waals surface area contributed by atoms with Gasteiger partial charge in [0.05, 0.1) is 18.8 Å². The molecule has 0 aliphatic heterocycles. The lowest BCUT2D eigenvalue weighted by Gasteiger charge is -2.17. The van der Waals surface area contributed by atoms with Gasteiger partial charge in [-0.15, -0.1) is 0 Å². The van der Waals surface area contributed by atoms with Gasteiger partial charge in [-0.25, -0.2) is 4.57 Å². The highest BCUT2D eigenvalue weighted by Gasteiger charge is 2.20. The van der Waals surface area contributed by atoms with E-state index in [1.807, 2.05) is 13.8 Å². The molecular weight excluding hydrogens is 195 g/mol. The Kier molecular flexibility index (Phi) is 5.76. The first-order chi connectivity index (χ1) is 5.87. The predicted octanol–water partition coefficient (Wildman–Crippen LogP) is 1.56. The van der Waals surface area contributed by atoms with Gasteiger partial charge in [0.1, 0.15) is 0 Å². The molecule has 2 atom stereocenters. The zero-order valence-corrected chi connectivity index (χ0v) is 9.28. The summed E-state index contributed by atoms with van der Waals surface area (Å²) in [5.74, 6) is 0. The second-order valence-corrected chi connectivity index (χ2v) is 4.50. The molecule has 1 N–H and O–H groups in total. The van der Waals surface area contributed by atoms with Crippen molar-refractivity contribution in [3.05, 3.63) is 0 Å². The molecule has 1 unspecified atom stereocenters. The fourth-order valence-corrected chi connectivity index (χ4v) is 1.26. The van der Waals surface area contributed by atoms with Gasteiger partial charge in [-0.3, -0.25) is 9.05 Å². The van der Waals surface area contributed by atoms with E-state index in [4.69, 9.17) is 9.63 Å². The van der Waals surface area contributed by atoms with Gasteiger partial charge in [0.25, 0.3) is 0 Å². The van der Waals surface area contributed by atoms with E-state index in [0.29, 0.717) is 0 Å². The minimum atomic E-state index is -3.85. The van der Waals surface area contributed by atoms with Crippen LogP contribution in [-0.2, 0) is 18.3 Å². The van der Waals surface area contributed by atoms with Gasteiger partial charge in [-0.1, -0.05) is 0 Å². The van der Waals surface area contributed by atoms with Crippen LogP contribution in [0.4, 0.5) is 0 Å². The van der Waals surface area contributed by atoms with Crippen LogP contribution in [0.1, 0.15) is 20.8 Å². The van der Waals surface area contributed by atoms with Crippen molar-refractivity contribution in [2.45, 2.75) is 33.0 Å². The minimum Gasteiger partial charge on any atom is -0.373 e. The molecule has 0 heterocycles. The molecule has 5 nitrogen and oxygen atoms in total. The molecule has 80 valence electrons. The Balaban J connectivity index is 3.70. The Morgan fingerprint density at radius 2 is 1.92 bits per heavy atom. The molecule has 0 radical (unpaired) electrons. The lowest BCUT2D eigenvalue weighted by atomic mass is 10.4. The molecule has 0 spiro atoms. The van der Waals surface area contributed by atoms with Gasteiger partial charge in [0.15, 0.2) is 0 Å². The molecule has 0 aliphatic rings. The highest BCUT2D eigenvalue weighted by molar-refractivity contribution is 7.47. The molecule has 0 aromatic carbocycles. The van der Waals surface area contributed by atoms with Gasteiger partial charge >= 0.3 is 7.82 Å². The van der Waals surface area contributed by atoms with E-state index in [-0.39, 0.29) is 18.8 Å². The van der Waals surface area contributed by atoms with Crippen LogP contribution in [0.25, 0.3) is 0 Å². The lowest BCUT2D eigenvalue weighted by molar-refractivity contribution is -0.0132. The van der Waals surface area contributed by atoms with Gasteiger partial charge in [0, 0.05) is 7.11 Å². The summed E-state index contributed by atoms with van der Waals surface area (Å²) < 4.78 is 24.9. The van der Waals surface area contributed by atoms with E-state index in [1.165, 1.54) is 0 Å². The maximum Gasteiger partial charge on any atom is 0.471 e. The van der Waals surface area contributed by atoms with Gasteiger partial charge in [-0.05, 0) is 20.8 Å². The normalized spacial score (nSPS) is 18.6. The van der Waals surface area contributed by atoms with Crippen molar-refractivity contribution in [3.63, 3.8) is 0 Å². The molecule has 0 aromatic heterocycles. The third-order valence-corrected chi connectivity index (χ3v) is 2.14. The van der Waals surface area contributed by atoms with Crippen LogP contribution >= 0.6 is 7.82 Å². The molecule has 0 aliphatic carbocycles. The van der Waals surface area contributed by atoms with E-state index in [0.717, 1.165) is 7.11 Å². The number of rotatable bonds is 6. The van der Waals surface area contributed by atoms with E-state index in [2.05, 4.69) is 9.05 Å². The maximum atomic E-state index is 10.8. The van der Waals surface area contributed by atoms with E-state index in [1.54, 1.807) is 6.92 Å². The van der Waals surface area contributed by atoms with Gasteiger partial charge < -0.3 is 9.63 Å². The molecule has 0 aromatic rings. The van der Waals surface area contributed by atoms with Crippen molar-refractivity contribution < 1.29 is 23.2 Å². The highest BCUT2D eigenvalue weighted by Crippen LogP contribution is 2.41. The summed E-state index contributed by atoms with van der Waals surface area (Å²) in [6.07, 6.45) is -0.158. The first-order valence-electron chi connectivity index (χ1n) is 4.06. The smallest absolute Gasteiger partial charge is 0.373 e. The summed E-state index contributed by atoms with van der Waals surface area (Å²) in [6, 6.07) is 0. The van der Waals surface area contributed by atoms with Crippen molar-refractivity contribution in [2.24, 2.45) is 0 Å². The Bertz CT molecular complexity index is 182. The average Bonchev–Trinajstić information content (AvgIpc) is 2.00. The number of ether oxygens (including phenoxy) is 1. The largest absolute Gasteiger partial charge is 0.471 e. The SMILES string of the molecule is COP(=O)(O)OC[C@H](C)OC(C)C. The Morgan fingerprint density at radius 3 is 2.31 bits per heavy atom. The number of phosphoric acid groups is 1. The van der Waals surface area contributed by atoms with Crippen LogP contribution in [-0.4, -0.2) is 30.8 Å². The minimum absolute atomic E-state index is 0.0415. The molecule has 0 fully saturated rings. The number of phosphoric ester groups is 1. The Labute approximate surface area is 78.6 Å². The first-order valence-corrected chi connectivity index (χ1v) is 5.55. The average molecular weight is 212 g/mol. The monoisotopic (exact) mass is 212 g/mol. The predicted molar refractivity (Wildman–Crippen MR) is 48.5 cm³/mol. The Morgan fingerprint density at radius 1 is 1.38 bits per heavy atom. The summed E-state index contributed by atoms with van der Waals surface area (Å²) in [6.45, 7) is 5.56. The zero-order chi connectivity index (χ0) is 10.5. The van der Waals surface area contributed by atoms with Crippen LogP contribution in [0, 0.1) is 0 Å². The maximum absolute atomic E-state index is 10.8. The molecule has 0 amide bonds. The van der Waals surface area contributed by atoms with Crippen molar-refractivity contribution in [3.8, 4) is 0 Å². The fourth-order valence-electron chi connectivity index (χ4n) is 0.756. The van der Waals surface area contributed by atoms with E-state index < -0.39 is 7.82 Å². The summed E-state index contributed by atoms with van der Waals surface area (Å²) in [5, 5.41) is 0. The number of hydrogen-bond acceptors (Lipinski definition) is 4. The summed E-state index contributed by atoms with van der Waals surface area (Å²) in [5.41, 5.74) is 0. The van der Waals surface area contributed by atoms with E-state index in [9.17, 15) is 4.57 Å². The molecule has 0 bridgehead atoms. The first kappa shape index (κ1) is 13.1. The summed E-state index contributed by atoms with van der Waals surface area (Å²) >= 11 is 0. The van der Waals surface area contributed by atoms with Crippen molar-refractivity contribution in [1.29, 1.82) is 0 Å². The van der Waals surface area contributed by atoms with Crippen LogP contribution in [0.5, 0.6) is 0 Å². The fraction of sp³-hybridized carbons (Fsp3) is 1.00. The topological polar surface area (TPSA) is 65.0 Å². The second kappa shape index (κ2) is 5.73. The summed E-state index contributed by atoms with van der Waals surface area (Å²) in [7, 11) is -2.73. The third-order valence-electron chi connectivity index (χ3n) is 1.21. The molecule has 0 saturated heterocycles. The molecule has 0 saturated carbocycles. The zero-order valence-electron chi connectivity index (χ0n) is 8.39. The van der Waals surface area contributed by atoms with Crippen LogP contribution < -0.4 is 0 Å². The van der Waals surface area contributed by atoms with Crippen LogP contribution in [0.2, 0.25) is 0 Å². The van der Waals surface area contributed by atoms with Crippen molar-refractivity contribution in [2.75, 3.05) is 13.7 Å². The van der Waals surface area contributed by atoms with Crippen molar-refractivity contribution in [1.82, 2.24) is 0 Å². The standard InChI is InChI=1S/C7H17O5P/c1-6(2)12-7(3)5-11-13(8,9)10-4/h6-7H,5H2,1-4H3,(H,8,9)/t7-/m0/s1. The van der Waals surface area contributed by atoms with Crippen molar-refractivity contribution >= 4 is 7.82 Å². The highest BCUT2D eigenvalue weighted by atomic mass is 31.2. The van der Waals surface area contributed by atoms with Crippen LogP contribution in [0.3, 0.4) is 0 Å². The lowest BCUT2D eigenvalue weighted by Crippen LogP contribution is -2.19.